The maximum Gasteiger partial charge on any atom is 0.198 e. The molecule has 0 bridgehead atoms. The summed E-state index contributed by atoms with van der Waals surface area (Å²) in [5, 5.41) is 0.748. The number of fused-ring (bicyclic) bond motifs is 2. The predicted octanol–water partition coefficient (Wildman–Crippen LogP) is 4.74. The molecular weight excluding hydrogens is 418 g/mol. The smallest absolute Gasteiger partial charge is 0.198 e. The minimum absolute atomic E-state index is 0.0576. The van der Waals surface area contributed by atoms with Crippen LogP contribution in [0.25, 0.3) is 22.0 Å². The Balaban J connectivity index is 1.33. The number of nitrogens with zero attached hydrogens (tertiary/aromatic N) is 3. The fraction of sp³-hybridized carbons (Fsp3) is 0.273. The largest absolute Gasteiger partial charge is 0.440 e. The Morgan fingerprint density at radius 1 is 1.07 bits per heavy atom. The van der Waals surface area contributed by atoms with E-state index in [0.29, 0.717) is 5.92 Å². The molecule has 142 valence electrons. The number of pyridine rings is 1. The lowest BCUT2D eigenvalue weighted by Gasteiger charge is -2.31. The lowest BCUT2D eigenvalue weighted by molar-refractivity contribution is 0.164. The standard InChI is InChI=1S/C22H20BrN3O2/c23-17-5-3-4-16-19(27)10-13-26(21(16)17)14-25-11-8-15(9-12-25)22-24-18-6-1-2-7-20(18)28-22/h1-7,10,13,15H,8-9,11-12,14H2. The summed E-state index contributed by atoms with van der Waals surface area (Å²) >= 11 is 3.60. The second-order valence-corrected chi connectivity index (χ2v) is 8.19. The first-order valence-corrected chi connectivity index (χ1v) is 10.3. The fourth-order valence-electron chi connectivity index (χ4n) is 4.05. The summed E-state index contributed by atoms with van der Waals surface area (Å²) in [7, 11) is 0. The molecule has 5 rings (SSSR count). The second kappa shape index (κ2) is 7.18. The Kier molecular flexibility index (Phi) is 4.53. The lowest BCUT2D eigenvalue weighted by atomic mass is 9.97. The number of oxazole rings is 1. The van der Waals surface area contributed by atoms with E-state index < -0.39 is 0 Å². The topological polar surface area (TPSA) is 51.3 Å². The van der Waals surface area contributed by atoms with Gasteiger partial charge in [-0.3, -0.25) is 9.69 Å². The number of hydrogen-bond acceptors (Lipinski definition) is 4. The van der Waals surface area contributed by atoms with Gasteiger partial charge in [-0.1, -0.05) is 18.2 Å². The molecule has 1 saturated heterocycles. The maximum atomic E-state index is 12.2. The van der Waals surface area contributed by atoms with E-state index in [4.69, 9.17) is 4.42 Å². The molecule has 6 heteroatoms. The Labute approximate surface area is 170 Å². The van der Waals surface area contributed by atoms with Crippen molar-refractivity contribution < 1.29 is 4.42 Å². The fourth-order valence-corrected chi connectivity index (χ4v) is 4.64. The summed E-state index contributed by atoms with van der Waals surface area (Å²) in [4.78, 5) is 19.3. The van der Waals surface area contributed by atoms with E-state index in [1.807, 2.05) is 48.7 Å². The Bertz CT molecular complexity index is 1170. The van der Waals surface area contributed by atoms with Gasteiger partial charge in [0.1, 0.15) is 5.52 Å². The number of likely N-dealkylation sites (tertiary alicyclic amines) is 1. The van der Waals surface area contributed by atoms with Crippen molar-refractivity contribution in [1.29, 1.82) is 0 Å². The predicted molar refractivity (Wildman–Crippen MR) is 113 cm³/mol. The summed E-state index contributed by atoms with van der Waals surface area (Å²) in [5.74, 6) is 1.22. The van der Waals surface area contributed by atoms with Gasteiger partial charge in [0, 0.05) is 41.1 Å². The van der Waals surface area contributed by atoms with Gasteiger partial charge in [0.15, 0.2) is 16.9 Å². The van der Waals surface area contributed by atoms with Crippen LogP contribution in [-0.2, 0) is 6.67 Å². The van der Waals surface area contributed by atoms with Crippen molar-refractivity contribution in [3.8, 4) is 0 Å². The van der Waals surface area contributed by atoms with Gasteiger partial charge in [-0.05, 0) is 53.0 Å². The molecule has 0 N–H and O–H groups in total. The van der Waals surface area contributed by atoms with Crippen molar-refractivity contribution in [2.24, 2.45) is 0 Å². The Morgan fingerprint density at radius 2 is 1.89 bits per heavy atom. The highest BCUT2D eigenvalue weighted by Gasteiger charge is 2.25. The van der Waals surface area contributed by atoms with Crippen LogP contribution in [0.5, 0.6) is 0 Å². The van der Waals surface area contributed by atoms with Crippen molar-refractivity contribution in [2.45, 2.75) is 25.4 Å². The highest BCUT2D eigenvalue weighted by atomic mass is 79.9. The third kappa shape index (κ3) is 3.16. The molecule has 2 aromatic heterocycles. The van der Waals surface area contributed by atoms with E-state index >= 15 is 0 Å². The van der Waals surface area contributed by atoms with E-state index in [1.165, 1.54) is 0 Å². The molecule has 4 aromatic rings. The van der Waals surface area contributed by atoms with Crippen molar-refractivity contribution in [3.63, 3.8) is 0 Å². The number of rotatable bonds is 3. The van der Waals surface area contributed by atoms with Gasteiger partial charge in [-0.25, -0.2) is 4.98 Å². The second-order valence-electron chi connectivity index (χ2n) is 7.34. The van der Waals surface area contributed by atoms with Crippen LogP contribution in [0.4, 0.5) is 0 Å². The molecule has 1 aliphatic rings. The lowest BCUT2D eigenvalue weighted by Crippen LogP contribution is -2.34. The molecule has 0 amide bonds. The summed E-state index contributed by atoms with van der Waals surface area (Å²) in [6, 6.07) is 15.4. The van der Waals surface area contributed by atoms with Gasteiger partial charge in [0.2, 0.25) is 0 Å². The zero-order chi connectivity index (χ0) is 19.1. The zero-order valence-corrected chi connectivity index (χ0v) is 16.9. The first-order valence-electron chi connectivity index (χ1n) is 9.54. The molecule has 5 nitrogen and oxygen atoms in total. The zero-order valence-electron chi connectivity index (χ0n) is 15.3. The highest BCUT2D eigenvalue weighted by Crippen LogP contribution is 2.30. The van der Waals surface area contributed by atoms with Crippen molar-refractivity contribution in [1.82, 2.24) is 14.5 Å². The van der Waals surface area contributed by atoms with Crippen LogP contribution in [-0.4, -0.2) is 27.5 Å². The van der Waals surface area contributed by atoms with Gasteiger partial charge in [0.05, 0.1) is 12.2 Å². The van der Waals surface area contributed by atoms with Gasteiger partial charge < -0.3 is 8.98 Å². The quantitative estimate of drug-likeness (QED) is 0.464. The third-order valence-electron chi connectivity index (χ3n) is 5.54. The molecule has 0 atom stereocenters. The average Bonchev–Trinajstić information content (AvgIpc) is 3.15. The first kappa shape index (κ1) is 17.6. The van der Waals surface area contributed by atoms with E-state index in [1.54, 1.807) is 6.07 Å². The van der Waals surface area contributed by atoms with Gasteiger partial charge in [0.25, 0.3) is 0 Å². The molecule has 2 aromatic carbocycles. The van der Waals surface area contributed by atoms with Crippen molar-refractivity contribution in [2.75, 3.05) is 13.1 Å². The molecule has 3 heterocycles. The van der Waals surface area contributed by atoms with Gasteiger partial charge in [-0.15, -0.1) is 0 Å². The van der Waals surface area contributed by atoms with Gasteiger partial charge in [-0.2, -0.15) is 0 Å². The van der Waals surface area contributed by atoms with Crippen LogP contribution < -0.4 is 5.43 Å². The molecule has 28 heavy (non-hydrogen) atoms. The molecule has 0 unspecified atom stereocenters. The van der Waals surface area contributed by atoms with Crippen LogP contribution in [0.1, 0.15) is 24.7 Å². The minimum atomic E-state index is 0.0576. The monoisotopic (exact) mass is 437 g/mol. The van der Waals surface area contributed by atoms with Gasteiger partial charge >= 0.3 is 0 Å². The third-order valence-corrected chi connectivity index (χ3v) is 6.18. The molecule has 1 fully saturated rings. The first-order chi connectivity index (χ1) is 13.7. The van der Waals surface area contributed by atoms with Crippen molar-refractivity contribution in [3.05, 3.63) is 75.3 Å². The van der Waals surface area contributed by atoms with Crippen LogP contribution in [0.3, 0.4) is 0 Å². The highest BCUT2D eigenvalue weighted by molar-refractivity contribution is 9.10. The Hall–Kier alpha value is -2.44. The number of benzene rings is 2. The minimum Gasteiger partial charge on any atom is -0.440 e. The summed E-state index contributed by atoms with van der Waals surface area (Å²) in [6.07, 6.45) is 3.93. The van der Waals surface area contributed by atoms with Crippen LogP contribution >= 0.6 is 15.9 Å². The molecular formula is C22H20BrN3O2. The molecule has 0 aliphatic carbocycles. The number of piperidine rings is 1. The van der Waals surface area contributed by atoms with Crippen LogP contribution in [0.15, 0.2) is 68.4 Å². The summed E-state index contributed by atoms with van der Waals surface area (Å²) < 4.78 is 9.07. The SMILES string of the molecule is O=c1ccn(CN2CCC(c3nc4ccccc4o3)CC2)c2c(Br)cccc12. The number of aromatic nitrogens is 2. The maximum absolute atomic E-state index is 12.2. The average molecular weight is 438 g/mol. The van der Waals surface area contributed by atoms with E-state index in [9.17, 15) is 4.79 Å². The van der Waals surface area contributed by atoms with Crippen molar-refractivity contribution >= 4 is 37.9 Å². The summed E-state index contributed by atoms with van der Waals surface area (Å²) in [5.41, 5.74) is 2.81. The number of hydrogen-bond donors (Lipinski definition) is 0. The number of para-hydroxylation sites is 3. The molecule has 0 radical (unpaired) electrons. The number of halogens is 1. The van der Waals surface area contributed by atoms with E-state index in [-0.39, 0.29) is 5.43 Å². The van der Waals surface area contributed by atoms with E-state index in [0.717, 1.165) is 65.0 Å². The molecule has 1 aliphatic heterocycles. The van der Waals surface area contributed by atoms with E-state index in [2.05, 4.69) is 30.4 Å². The van der Waals surface area contributed by atoms with Crippen LogP contribution in [0.2, 0.25) is 0 Å². The molecule has 0 spiro atoms. The Morgan fingerprint density at radius 3 is 2.71 bits per heavy atom. The normalized spacial score (nSPS) is 16.2. The summed E-state index contributed by atoms with van der Waals surface area (Å²) in [6.45, 7) is 2.71. The molecule has 0 saturated carbocycles. The van der Waals surface area contributed by atoms with Crippen LogP contribution in [0, 0.1) is 0 Å².